The molecule has 0 aliphatic heterocycles. The zero-order chi connectivity index (χ0) is 13.2. The van der Waals surface area contributed by atoms with E-state index in [1.165, 1.54) is 11.8 Å². The fourth-order valence-electron chi connectivity index (χ4n) is 1.78. The topological polar surface area (TPSA) is 61.3 Å². The lowest BCUT2D eigenvalue weighted by atomic mass is 10.3. The minimum atomic E-state index is 0.571. The summed E-state index contributed by atoms with van der Waals surface area (Å²) in [7, 11) is 1.60. The van der Waals surface area contributed by atoms with Gasteiger partial charge in [-0.1, -0.05) is 18.2 Å². The highest BCUT2D eigenvalue weighted by atomic mass is 32.2. The third-order valence-electron chi connectivity index (χ3n) is 2.72. The Kier molecular flexibility index (Phi) is 3.05. The first-order chi connectivity index (χ1) is 9.28. The molecule has 0 saturated carbocycles. The van der Waals surface area contributed by atoms with Crippen LogP contribution in [0.15, 0.2) is 57.0 Å². The SMILES string of the molecule is COc1cccc(Sc2nc3ccccc3o2)c1N. The molecule has 2 N–H and O–H groups in total. The number of methoxy groups -OCH3 is 1. The number of oxazole rings is 1. The Morgan fingerprint density at radius 2 is 2.00 bits per heavy atom. The molecule has 3 rings (SSSR count). The molecule has 4 nitrogen and oxygen atoms in total. The van der Waals surface area contributed by atoms with Crippen LogP contribution in [0.5, 0.6) is 5.75 Å². The number of anilines is 1. The van der Waals surface area contributed by atoms with E-state index in [-0.39, 0.29) is 0 Å². The maximum Gasteiger partial charge on any atom is 0.261 e. The maximum atomic E-state index is 6.02. The smallest absolute Gasteiger partial charge is 0.261 e. The van der Waals surface area contributed by atoms with Crippen LogP contribution in [0, 0.1) is 0 Å². The Bertz CT molecular complexity index is 691. The van der Waals surface area contributed by atoms with Crippen molar-refractivity contribution in [1.29, 1.82) is 0 Å². The van der Waals surface area contributed by atoms with Gasteiger partial charge in [0.05, 0.1) is 12.8 Å². The zero-order valence-corrected chi connectivity index (χ0v) is 11.1. The summed E-state index contributed by atoms with van der Waals surface area (Å²) in [6.45, 7) is 0. The van der Waals surface area contributed by atoms with E-state index in [2.05, 4.69) is 4.98 Å². The number of nitrogen functional groups attached to an aromatic ring is 1. The van der Waals surface area contributed by atoms with Gasteiger partial charge in [0.15, 0.2) is 5.58 Å². The molecule has 2 aromatic carbocycles. The molecule has 1 heterocycles. The van der Waals surface area contributed by atoms with E-state index in [4.69, 9.17) is 14.9 Å². The molecular formula is C14H12N2O2S. The van der Waals surface area contributed by atoms with E-state index in [1.807, 2.05) is 42.5 Å². The largest absolute Gasteiger partial charge is 0.495 e. The molecule has 0 radical (unpaired) electrons. The van der Waals surface area contributed by atoms with Gasteiger partial charge in [0.25, 0.3) is 5.22 Å². The van der Waals surface area contributed by atoms with Crippen molar-refractivity contribution in [2.45, 2.75) is 10.1 Å². The summed E-state index contributed by atoms with van der Waals surface area (Å²) < 4.78 is 10.8. The van der Waals surface area contributed by atoms with Crippen LogP contribution in [0.25, 0.3) is 11.1 Å². The Hall–Kier alpha value is -2.14. The maximum absolute atomic E-state index is 6.02. The van der Waals surface area contributed by atoms with Gasteiger partial charge in [-0.15, -0.1) is 0 Å². The number of nitrogens with zero attached hydrogens (tertiary/aromatic N) is 1. The molecule has 1 aromatic heterocycles. The van der Waals surface area contributed by atoms with Gasteiger partial charge in [-0.2, -0.15) is 0 Å². The highest BCUT2D eigenvalue weighted by Crippen LogP contribution is 2.37. The van der Waals surface area contributed by atoms with Crippen LogP contribution in [0.2, 0.25) is 0 Å². The number of hydrogen-bond donors (Lipinski definition) is 1. The Balaban J connectivity index is 1.96. The summed E-state index contributed by atoms with van der Waals surface area (Å²) in [6, 6.07) is 13.3. The second-order valence-corrected chi connectivity index (χ2v) is 4.91. The first kappa shape index (κ1) is 11.9. The van der Waals surface area contributed by atoms with Crippen molar-refractivity contribution in [2.75, 3.05) is 12.8 Å². The molecule has 96 valence electrons. The summed E-state index contributed by atoms with van der Waals surface area (Å²) in [4.78, 5) is 5.27. The van der Waals surface area contributed by atoms with E-state index in [0.717, 1.165) is 16.0 Å². The van der Waals surface area contributed by atoms with E-state index < -0.39 is 0 Å². The van der Waals surface area contributed by atoms with Gasteiger partial charge in [-0.3, -0.25) is 0 Å². The van der Waals surface area contributed by atoms with Gasteiger partial charge in [0.2, 0.25) is 0 Å². The number of para-hydroxylation sites is 3. The molecular weight excluding hydrogens is 260 g/mol. The van der Waals surface area contributed by atoms with Gasteiger partial charge < -0.3 is 14.9 Å². The van der Waals surface area contributed by atoms with Crippen molar-refractivity contribution in [3.63, 3.8) is 0 Å². The number of ether oxygens (including phenoxy) is 1. The van der Waals surface area contributed by atoms with Crippen molar-refractivity contribution < 1.29 is 9.15 Å². The van der Waals surface area contributed by atoms with Crippen molar-refractivity contribution in [1.82, 2.24) is 4.98 Å². The molecule has 3 aromatic rings. The molecule has 19 heavy (non-hydrogen) atoms. The summed E-state index contributed by atoms with van der Waals surface area (Å²) in [5.41, 5.74) is 8.22. The summed E-state index contributed by atoms with van der Waals surface area (Å²) >= 11 is 1.39. The number of hydrogen-bond acceptors (Lipinski definition) is 5. The number of nitrogens with two attached hydrogens (primary N) is 1. The predicted octanol–water partition coefficient (Wildman–Crippen LogP) is 3.57. The minimum absolute atomic E-state index is 0.571. The van der Waals surface area contributed by atoms with E-state index in [0.29, 0.717) is 16.7 Å². The Morgan fingerprint density at radius 3 is 2.79 bits per heavy atom. The van der Waals surface area contributed by atoms with E-state index in [1.54, 1.807) is 7.11 Å². The third kappa shape index (κ3) is 2.24. The van der Waals surface area contributed by atoms with Gasteiger partial charge in [0, 0.05) is 4.90 Å². The molecule has 0 amide bonds. The molecule has 0 fully saturated rings. The zero-order valence-electron chi connectivity index (χ0n) is 10.3. The van der Waals surface area contributed by atoms with Gasteiger partial charge in [-0.05, 0) is 36.0 Å². The van der Waals surface area contributed by atoms with Crippen LogP contribution in [0.4, 0.5) is 5.69 Å². The second kappa shape index (κ2) is 4.85. The van der Waals surface area contributed by atoms with Gasteiger partial charge in [0.1, 0.15) is 11.3 Å². The molecule has 0 aliphatic rings. The lowest BCUT2D eigenvalue weighted by Gasteiger charge is -2.07. The van der Waals surface area contributed by atoms with Gasteiger partial charge >= 0.3 is 0 Å². The lowest BCUT2D eigenvalue weighted by Crippen LogP contribution is -1.93. The van der Waals surface area contributed by atoms with Crippen molar-refractivity contribution in [3.05, 3.63) is 42.5 Å². The standard InChI is InChI=1S/C14H12N2O2S/c1-17-11-7-4-8-12(13(11)15)19-14-16-9-5-2-3-6-10(9)18-14/h2-8H,15H2,1H3. The van der Waals surface area contributed by atoms with E-state index >= 15 is 0 Å². The number of aromatic nitrogens is 1. The lowest BCUT2D eigenvalue weighted by molar-refractivity contribution is 0.416. The highest BCUT2D eigenvalue weighted by molar-refractivity contribution is 7.99. The van der Waals surface area contributed by atoms with Crippen molar-refractivity contribution in [2.24, 2.45) is 0 Å². The van der Waals surface area contributed by atoms with Crippen LogP contribution in [-0.2, 0) is 0 Å². The Morgan fingerprint density at radius 1 is 1.16 bits per heavy atom. The fourth-order valence-corrected chi connectivity index (χ4v) is 2.60. The van der Waals surface area contributed by atoms with Crippen LogP contribution in [0.1, 0.15) is 0 Å². The molecule has 0 unspecified atom stereocenters. The first-order valence-corrected chi connectivity index (χ1v) is 6.55. The van der Waals surface area contributed by atoms with Crippen LogP contribution in [0.3, 0.4) is 0 Å². The normalized spacial score (nSPS) is 10.8. The molecule has 5 heteroatoms. The summed E-state index contributed by atoms with van der Waals surface area (Å²) in [5, 5.41) is 0.571. The first-order valence-electron chi connectivity index (χ1n) is 5.74. The number of rotatable bonds is 3. The fraction of sp³-hybridized carbons (Fsp3) is 0.0714. The van der Waals surface area contributed by atoms with E-state index in [9.17, 15) is 0 Å². The average molecular weight is 272 g/mol. The minimum Gasteiger partial charge on any atom is -0.495 e. The monoisotopic (exact) mass is 272 g/mol. The summed E-state index contributed by atoms with van der Waals surface area (Å²) in [5.74, 6) is 0.654. The van der Waals surface area contributed by atoms with Crippen molar-refractivity contribution in [3.8, 4) is 5.75 Å². The second-order valence-electron chi connectivity index (χ2n) is 3.92. The average Bonchev–Trinajstić information content (AvgIpc) is 2.83. The third-order valence-corrected chi connectivity index (χ3v) is 3.64. The number of fused-ring (bicyclic) bond motifs is 1. The van der Waals surface area contributed by atoms with Crippen LogP contribution >= 0.6 is 11.8 Å². The quantitative estimate of drug-likeness (QED) is 0.738. The predicted molar refractivity (Wildman–Crippen MR) is 75.5 cm³/mol. The molecule has 0 atom stereocenters. The van der Waals surface area contributed by atoms with Gasteiger partial charge in [-0.25, -0.2) is 4.98 Å². The molecule has 0 spiro atoms. The summed E-state index contributed by atoms with van der Waals surface area (Å²) in [6.07, 6.45) is 0. The molecule has 0 saturated heterocycles. The number of benzene rings is 2. The Labute approximate surface area is 114 Å². The highest BCUT2D eigenvalue weighted by Gasteiger charge is 2.11. The molecule has 0 aliphatic carbocycles. The van der Waals surface area contributed by atoms with Crippen LogP contribution < -0.4 is 10.5 Å². The van der Waals surface area contributed by atoms with Crippen molar-refractivity contribution >= 4 is 28.5 Å². The molecule has 0 bridgehead atoms. The van der Waals surface area contributed by atoms with Crippen LogP contribution in [-0.4, -0.2) is 12.1 Å².